The predicted molar refractivity (Wildman–Crippen MR) is 79.4 cm³/mol. The van der Waals surface area contributed by atoms with Gasteiger partial charge in [-0.25, -0.2) is 14.4 Å². The van der Waals surface area contributed by atoms with Crippen molar-refractivity contribution < 1.29 is 4.39 Å². The molecular weight excluding hydrogens is 255 g/mol. The lowest BCUT2D eigenvalue weighted by Crippen LogP contribution is -2.51. The number of hydrogen-bond donors (Lipinski definition) is 1. The van der Waals surface area contributed by atoms with Crippen LogP contribution in [0, 0.1) is 5.82 Å². The number of hydrogen-bond acceptors (Lipinski definition) is 4. The Hall–Kier alpha value is -1.23. The Balaban J connectivity index is 2.10. The van der Waals surface area contributed by atoms with E-state index in [1.165, 1.54) is 25.6 Å². The van der Waals surface area contributed by atoms with Crippen LogP contribution in [-0.4, -0.2) is 41.0 Å². The van der Waals surface area contributed by atoms with Crippen molar-refractivity contribution in [2.24, 2.45) is 0 Å². The van der Waals surface area contributed by atoms with Crippen LogP contribution in [0.1, 0.15) is 44.7 Å². The van der Waals surface area contributed by atoms with E-state index in [4.69, 9.17) is 0 Å². The Morgan fingerprint density at radius 2 is 1.95 bits per heavy atom. The third-order valence-electron chi connectivity index (χ3n) is 4.51. The summed E-state index contributed by atoms with van der Waals surface area (Å²) >= 11 is 0. The molecule has 1 aliphatic rings. The van der Waals surface area contributed by atoms with Gasteiger partial charge in [0.25, 0.3) is 0 Å². The molecule has 0 aromatic carbocycles. The van der Waals surface area contributed by atoms with E-state index in [0.717, 1.165) is 19.4 Å². The highest BCUT2D eigenvalue weighted by Gasteiger charge is 2.34. The monoisotopic (exact) mass is 280 g/mol. The minimum absolute atomic E-state index is 0.113. The van der Waals surface area contributed by atoms with Gasteiger partial charge in [0.15, 0.2) is 11.6 Å². The van der Waals surface area contributed by atoms with Crippen LogP contribution in [0.25, 0.3) is 0 Å². The minimum Gasteiger partial charge on any atom is -0.366 e. The molecule has 2 rings (SSSR count). The van der Waals surface area contributed by atoms with Gasteiger partial charge in [0.1, 0.15) is 6.33 Å². The molecular formula is C15H25FN4. The van der Waals surface area contributed by atoms with Crippen LogP contribution in [0.3, 0.4) is 0 Å². The zero-order valence-electron chi connectivity index (χ0n) is 12.7. The average Bonchev–Trinajstić information content (AvgIpc) is 2.47. The van der Waals surface area contributed by atoms with Gasteiger partial charge in [0, 0.05) is 12.1 Å². The number of rotatable bonds is 5. The van der Waals surface area contributed by atoms with Crippen molar-refractivity contribution in [3.63, 3.8) is 0 Å². The highest BCUT2D eigenvalue weighted by Crippen LogP contribution is 2.32. The topological polar surface area (TPSA) is 41.1 Å². The Morgan fingerprint density at radius 3 is 2.55 bits per heavy atom. The fourth-order valence-electron chi connectivity index (χ4n) is 3.02. The number of likely N-dealkylation sites (N-methyl/N-ethyl adjacent to an activating group) is 1. The van der Waals surface area contributed by atoms with E-state index in [1.807, 2.05) is 6.92 Å². The normalized spacial score (nSPS) is 18.2. The second-order valence-electron chi connectivity index (χ2n) is 5.87. The molecule has 0 spiro atoms. The molecule has 1 heterocycles. The van der Waals surface area contributed by atoms with Gasteiger partial charge in [-0.05, 0) is 33.4 Å². The van der Waals surface area contributed by atoms with Gasteiger partial charge in [-0.1, -0.05) is 26.2 Å². The van der Waals surface area contributed by atoms with Crippen LogP contribution in [0.5, 0.6) is 0 Å². The third-order valence-corrected chi connectivity index (χ3v) is 4.51. The first-order valence-corrected chi connectivity index (χ1v) is 7.50. The van der Waals surface area contributed by atoms with E-state index in [-0.39, 0.29) is 11.4 Å². The molecule has 0 unspecified atom stereocenters. The molecule has 1 fully saturated rings. The predicted octanol–water partition coefficient (Wildman–Crippen LogP) is 2.85. The van der Waals surface area contributed by atoms with Crippen molar-refractivity contribution in [2.45, 2.75) is 51.0 Å². The summed E-state index contributed by atoms with van der Waals surface area (Å²) in [6.07, 6.45) is 8.12. The van der Waals surface area contributed by atoms with Gasteiger partial charge in [-0.3, -0.25) is 0 Å². The summed E-state index contributed by atoms with van der Waals surface area (Å²) in [6.45, 7) is 2.63. The summed E-state index contributed by atoms with van der Waals surface area (Å²) in [7, 11) is 4.22. The molecule has 0 bridgehead atoms. The van der Waals surface area contributed by atoms with Crippen LogP contribution in [-0.2, 0) is 6.42 Å². The van der Waals surface area contributed by atoms with E-state index in [0.29, 0.717) is 17.9 Å². The van der Waals surface area contributed by atoms with Crippen LogP contribution in [0.4, 0.5) is 10.2 Å². The average molecular weight is 280 g/mol. The molecule has 1 N–H and O–H groups in total. The molecule has 20 heavy (non-hydrogen) atoms. The molecule has 0 aliphatic heterocycles. The van der Waals surface area contributed by atoms with Crippen molar-refractivity contribution in [2.75, 3.05) is 26.0 Å². The van der Waals surface area contributed by atoms with Gasteiger partial charge >= 0.3 is 0 Å². The van der Waals surface area contributed by atoms with E-state index >= 15 is 0 Å². The van der Waals surface area contributed by atoms with Crippen molar-refractivity contribution in [1.82, 2.24) is 14.9 Å². The molecule has 1 aromatic rings. The second-order valence-corrected chi connectivity index (χ2v) is 5.87. The fourth-order valence-corrected chi connectivity index (χ4v) is 3.02. The standard InChI is InChI=1S/C15H25FN4/c1-4-12-13(16)14(19-11-18-12)17-10-15(20(2)3)8-6-5-7-9-15/h11H,4-10H2,1-3H3,(H,17,18,19). The lowest BCUT2D eigenvalue weighted by atomic mass is 9.80. The SMILES string of the molecule is CCc1ncnc(NCC2(N(C)C)CCCCC2)c1F. The summed E-state index contributed by atoms with van der Waals surface area (Å²) in [4.78, 5) is 10.3. The number of anilines is 1. The number of aromatic nitrogens is 2. The molecule has 5 heteroatoms. The van der Waals surface area contributed by atoms with Gasteiger partial charge in [0.2, 0.25) is 0 Å². The van der Waals surface area contributed by atoms with Gasteiger partial charge in [0.05, 0.1) is 5.69 Å². The molecule has 1 saturated carbocycles. The summed E-state index contributed by atoms with van der Waals surface area (Å²) in [6, 6.07) is 0. The zero-order chi connectivity index (χ0) is 14.6. The van der Waals surface area contributed by atoms with Gasteiger partial charge in [-0.15, -0.1) is 0 Å². The van der Waals surface area contributed by atoms with Crippen molar-refractivity contribution >= 4 is 5.82 Å². The Bertz CT molecular complexity index is 441. The first kappa shape index (κ1) is 15.2. The molecule has 1 aromatic heterocycles. The van der Waals surface area contributed by atoms with Crippen molar-refractivity contribution in [3.8, 4) is 0 Å². The fraction of sp³-hybridized carbons (Fsp3) is 0.733. The van der Waals surface area contributed by atoms with Crippen molar-refractivity contribution in [3.05, 3.63) is 17.8 Å². The zero-order valence-corrected chi connectivity index (χ0v) is 12.7. The smallest absolute Gasteiger partial charge is 0.186 e. The molecule has 1 aliphatic carbocycles. The molecule has 0 atom stereocenters. The van der Waals surface area contributed by atoms with E-state index in [2.05, 4.69) is 34.3 Å². The van der Waals surface area contributed by atoms with Crippen molar-refractivity contribution in [1.29, 1.82) is 0 Å². The van der Waals surface area contributed by atoms with Crippen LogP contribution < -0.4 is 5.32 Å². The Morgan fingerprint density at radius 1 is 1.25 bits per heavy atom. The summed E-state index contributed by atoms with van der Waals surface area (Å²) < 4.78 is 14.2. The second kappa shape index (κ2) is 6.48. The first-order valence-electron chi connectivity index (χ1n) is 7.50. The molecule has 112 valence electrons. The summed E-state index contributed by atoms with van der Waals surface area (Å²) in [5.74, 6) is 0.0309. The Kier molecular flexibility index (Phi) is 4.91. The highest BCUT2D eigenvalue weighted by atomic mass is 19.1. The maximum atomic E-state index is 14.2. The van der Waals surface area contributed by atoms with Gasteiger partial charge in [-0.2, -0.15) is 0 Å². The lowest BCUT2D eigenvalue weighted by molar-refractivity contribution is 0.113. The minimum atomic E-state index is -0.306. The van der Waals surface area contributed by atoms with E-state index in [1.54, 1.807) is 0 Å². The maximum absolute atomic E-state index is 14.2. The van der Waals surface area contributed by atoms with Crippen LogP contribution in [0.2, 0.25) is 0 Å². The molecule has 0 amide bonds. The molecule has 0 saturated heterocycles. The lowest BCUT2D eigenvalue weighted by Gasteiger charge is -2.43. The van der Waals surface area contributed by atoms with Gasteiger partial charge < -0.3 is 10.2 Å². The number of halogens is 1. The number of nitrogens with one attached hydrogen (secondary N) is 1. The van der Waals surface area contributed by atoms with Crippen LogP contribution >= 0.6 is 0 Å². The summed E-state index contributed by atoms with van der Waals surface area (Å²) in [5, 5.41) is 3.21. The molecule has 0 radical (unpaired) electrons. The van der Waals surface area contributed by atoms with E-state index < -0.39 is 0 Å². The molecule has 4 nitrogen and oxygen atoms in total. The number of nitrogens with zero attached hydrogens (tertiary/aromatic N) is 3. The number of aryl methyl sites for hydroxylation is 1. The maximum Gasteiger partial charge on any atom is 0.186 e. The van der Waals surface area contributed by atoms with Crippen LogP contribution in [0.15, 0.2) is 6.33 Å². The summed E-state index contributed by atoms with van der Waals surface area (Å²) in [5.41, 5.74) is 0.590. The Labute approximate surface area is 120 Å². The van der Waals surface area contributed by atoms with E-state index in [9.17, 15) is 4.39 Å². The third kappa shape index (κ3) is 3.08. The quantitative estimate of drug-likeness (QED) is 0.900. The first-order chi connectivity index (χ1) is 9.59. The highest BCUT2D eigenvalue weighted by molar-refractivity contribution is 5.38. The largest absolute Gasteiger partial charge is 0.366 e.